The van der Waals surface area contributed by atoms with Gasteiger partial charge in [0.1, 0.15) is 11.4 Å². The normalized spacial score (nSPS) is 14.4. The second-order valence-corrected chi connectivity index (χ2v) is 8.29. The molecule has 0 aliphatic heterocycles. The zero-order valence-electron chi connectivity index (χ0n) is 16.9. The summed E-state index contributed by atoms with van der Waals surface area (Å²) in [6.45, 7) is 2.12. The molecule has 31 heavy (non-hydrogen) atoms. The molecule has 1 aliphatic rings. The molecule has 162 valence electrons. The van der Waals surface area contributed by atoms with E-state index in [0.29, 0.717) is 15.8 Å². The maximum Gasteiger partial charge on any atom is 0.339 e. The maximum absolute atomic E-state index is 13.0. The van der Waals surface area contributed by atoms with Crippen molar-refractivity contribution in [3.8, 4) is 0 Å². The SMILES string of the molecule is COC(C)Cn1ncc2scc(Nc3cc(NC(=O)C4CC4)ncc3C(=O)O)c2c1=O. The summed E-state index contributed by atoms with van der Waals surface area (Å²) in [5.41, 5.74) is 0.296. The van der Waals surface area contributed by atoms with E-state index >= 15 is 0 Å². The third kappa shape index (κ3) is 4.42. The first-order chi connectivity index (χ1) is 14.9. The minimum atomic E-state index is -1.18. The Morgan fingerprint density at radius 3 is 2.81 bits per heavy atom. The van der Waals surface area contributed by atoms with Crippen LogP contribution in [0.4, 0.5) is 17.2 Å². The quantitative estimate of drug-likeness (QED) is 0.484. The molecule has 11 heteroatoms. The van der Waals surface area contributed by atoms with Crippen LogP contribution >= 0.6 is 11.3 Å². The average Bonchev–Trinajstić information content (AvgIpc) is 3.52. The zero-order chi connectivity index (χ0) is 22.1. The number of nitrogens with one attached hydrogen (secondary N) is 2. The lowest BCUT2D eigenvalue weighted by Crippen LogP contribution is -2.28. The molecule has 1 aliphatic carbocycles. The Hall–Kier alpha value is -3.31. The molecule has 10 nitrogen and oxygen atoms in total. The smallest absolute Gasteiger partial charge is 0.339 e. The van der Waals surface area contributed by atoms with Crippen molar-refractivity contribution >= 4 is 50.5 Å². The monoisotopic (exact) mass is 443 g/mol. The molecule has 1 fully saturated rings. The topological polar surface area (TPSA) is 135 Å². The van der Waals surface area contributed by atoms with Crippen molar-refractivity contribution in [2.24, 2.45) is 5.92 Å². The lowest BCUT2D eigenvalue weighted by Gasteiger charge is -2.12. The van der Waals surface area contributed by atoms with E-state index in [9.17, 15) is 19.5 Å². The summed E-state index contributed by atoms with van der Waals surface area (Å²) in [6.07, 6.45) is 4.26. The fourth-order valence-electron chi connectivity index (χ4n) is 3.05. The number of carboxylic acid groups (broad SMARTS) is 1. The summed E-state index contributed by atoms with van der Waals surface area (Å²) in [5.74, 6) is -1.08. The van der Waals surface area contributed by atoms with E-state index in [0.717, 1.165) is 12.8 Å². The number of ether oxygens (including phenoxy) is 1. The summed E-state index contributed by atoms with van der Waals surface area (Å²) in [6, 6.07) is 1.46. The van der Waals surface area contributed by atoms with Crippen molar-refractivity contribution in [1.82, 2.24) is 14.8 Å². The van der Waals surface area contributed by atoms with E-state index in [4.69, 9.17) is 4.74 Å². The van der Waals surface area contributed by atoms with Crippen LogP contribution in [0.15, 0.2) is 28.6 Å². The van der Waals surface area contributed by atoms with Crippen molar-refractivity contribution < 1.29 is 19.4 Å². The highest BCUT2D eigenvalue weighted by Crippen LogP contribution is 2.33. The van der Waals surface area contributed by atoms with Gasteiger partial charge in [-0.3, -0.25) is 9.59 Å². The molecule has 1 unspecified atom stereocenters. The van der Waals surface area contributed by atoms with Crippen molar-refractivity contribution in [1.29, 1.82) is 0 Å². The molecule has 0 bridgehead atoms. The number of amides is 1. The molecule has 0 aromatic carbocycles. The molecule has 0 radical (unpaired) electrons. The van der Waals surface area contributed by atoms with Gasteiger partial charge >= 0.3 is 5.97 Å². The van der Waals surface area contributed by atoms with Gasteiger partial charge in [0, 0.05) is 30.7 Å². The van der Waals surface area contributed by atoms with Crippen molar-refractivity contribution in [2.75, 3.05) is 17.7 Å². The molecular weight excluding hydrogens is 422 g/mol. The van der Waals surface area contributed by atoms with Gasteiger partial charge in [0.05, 0.1) is 40.3 Å². The number of anilines is 3. The van der Waals surface area contributed by atoms with Crippen LogP contribution in [0.5, 0.6) is 0 Å². The largest absolute Gasteiger partial charge is 0.478 e. The standard InChI is InChI=1S/C20H21N5O5S/c1-10(30-2)8-25-19(27)17-14(9-31-15(17)7-22-25)23-13-5-16(21-6-12(13)20(28)29)24-18(26)11-3-4-11/h5-7,9-11H,3-4,8H2,1-2H3,(H,28,29)(H2,21,23,24,26). The van der Waals surface area contributed by atoms with Crippen LogP contribution in [-0.2, 0) is 16.1 Å². The number of pyridine rings is 1. The number of hydrogen-bond acceptors (Lipinski definition) is 8. The highest BCUT2D eigenvalue weighted by Gasteiger charge is 2.30. The van der Waals surface area contributed by atoms with Crippen LogP contribution in [0, 0.1) is 5.92 Å². The highest BCUT2D eigenvalue weighted by molar-refractivity contribution is 7.17. The van der Waals surface area contributed by atoms with E-state index in [1.165, 1.54) is 28.3 Å². The lowest BCUT2D eigenvalue weighted by atomic mass is 10.2. The Morgan fingerprint density at radius 2 is 2.13 bits per heavy atom. The third-order valence-corrected chi connectivity index (χ3v) is 5.93. The number of aromatic nitrogens is 3. The number of carboxylic acids is 1. The summed E-state index contributed by atoms with van der Waals surface area (Å²) in [7, 11) is 1.56. The predicted molar refractivity (Wildman–Crippen MR) is 116 cm³/mol. The fraction of sp³-hybridized carbons (Fsp3) is 0.350. The Kier molecular flexibility index (Phi) is 5.70. The van der Waals surface area contributed by atoms with E-state index in [-0.39, 0.29) is 47.1 Å². The van der Waals surface area contributed by atoms with Gasteiger partial charge < -0.3 is 20.5 Å². The van der Waals surface area contributed by atoms with Gasteiger partial charge in [-0.15, -0.1) is 11.3 Å². The molecule has 3 heterocycles. The summed E-state index contributed by atoms with van der Waals surface area (Å²) in [5, 5.41) is 21.6. The Labute approximate surface area is 180 Å². The van der Waals surface area contributed by atoms with Gasteiger partial charge in [-0.1, -0.05) is 0 Å². The molecule has 1 amide bonds. The number of thiophene rings is 1. The van der Waals surface area contributed by atoms with Crippen molar-refractivity contribution in [2.45, 2.75) is 32.4 Å². The van der Waals surface area contributed by atoms with Crippen LogP contribution in [-0.4, -0.2) is 45.0 Å². The van der Waals surface area contributed by atoms with E-state index in [1.54, 1.807) is 18.7 Å². The Bertz CT molecular complexity index is 1220. The molecule has 1 saturated carbocycles. The predicted octanol–water partition coefficient (Wildman–Crippen LogP) is 2.68. The number of rotatable bonds is 8. The van der Waals surface area contributed by atoms with Crippen LogP contribution in [0.3, 0.4) is 0 Å². The van der Waals surface area contributed by atoms with Crippen LogP contribution in [0.25, 0.3) is 10.1 Å². The van der Waals surface area contributed by atoms with Crippen molar-refractivity contribution in [3.63, 3.8) is 0 Å². The number of nitrogens with zero attached hydrogens (tertiary/aromatic N) is 3. The van der Waals surface area contributed by atoms with E-state index in [2.05, 4.69) is 20.7 Å². The number of methoxy groups -OCH3 is 1. The first-order valence-corrected chi connectivity index (χ1v) is 10.6. The second kappa shape index (κ2) is 8.44. The molecule has 3 aromatic heterocycles. The molecule has 3 aromatic rings. The van der Waals surface area contributed by atoms with Gasteiger partial charge in [0.25, 0.3) is 5.56 Å². The summed E-state index contributed by atoms with van der Waals surface area (Å²) in [4.78, 5) is 40.8. The molecular formula is C20H21N5O5S. The van der Waals surface area contributed by atoms with Gasteiger partial charge in [-0.05, 0) is 19.8 Å². The van der Waals surface area contributed by atoms with Gasteiger partial charge in [-0.25, -0.2) is 14.5 Å². The molecule has 3 N–H and O–H groups in total. The molecule has 4 rings (SSSR count). The third-order valence-electron chi connectivity index (χ3n) is 5.02. The Balaban J connectivity index is 1.70. The summed E-state index contributed by atoms with van der Waals surface area (Å²) >= 11 is 1.32. The molecule has 0 saturated heterocycles. The zero-order valence-corrected chi connectivity index (χ0v) is 17.7. The molecule has 0 spiro atoms. The van der Waals surface area contributed by atoms with Crippen molar-refractivity contribution in [3.05, 3.63) is 39.8 Å². The number of carbonyl (C=O) groups is 2. The maximum atomic E-state index is 13.0. The first-order valence-electron chi connectivity index (χ1n) is 9.68. The summed E-state index contributed by atoms with van der Waals surface area (Å²) < 4.78 is 7.21. The number of fused-ring (bicyclic) bond motifs is 1. The number of carbonyl (C=O) groups excluding carboxylic acids is 1. The number of aromatic carboxylic acids is 1. The fourth-order valence-corrected chi connectivity index (χ4v) is 3.89. The minimum Gasteiger partial charge on any atom is -0.478 e. The number of hydrogen-bond donors (Lipinski definition) is 3. The highest BCUT2D eigenvalue weighted by atomic mass is 32.1. The minimum absolute atomic E-state index is 0.0152. The van der Waals surface area contributed by atoms with Crippen LogP contribution in [0.2, 0.25) is 0 Å². The van der Waals surface area contributed by atoms with E-state index in [1.807, 2.05) is 6.92 Å². The Morgan fingerprint density at radius 1 is 1.35 bits per heavy atom. The second-order valence-electron chi connectivity index (χ2n) is 7.38. The lowest BCUT2D eigenvalue weighted by molar-refractivity contribution is -0.117. The van der Waals surface area contributed by atoms with E-state index < -0.39 is 5.97 Å². The van der Waals surface area contributed by atoms with Crippen LogP contribution in [0.1, 0.15) is 30.1 Å². The van der Waals surface area contributed by atoms with Gasteiger partial charge in [-0.2, -0.15) is 5.10 Å². The molecule has 1 atom stereocenters. The van der Waals surface area contributed by atoms with Gasteiger partial charge in [0.15, 0.2) is 0 Å². The van der Waals surface area contributed by atoms with Gasteiger partial charge in [0.2, 0.25) is 5.91 Å². The van der Waals surface area contributed by atoms with Crippen LogP contribution < -0.4 is 16.2 Å². The first kappa shape index (κ1) is 20.9. The average molecular weight is 443 g/mol.